The molecule has 6 nitrogen and oxygen atoms in total. The first-order valence-corrected chi connectivity index (χ1v) is 7.60. The summed E-state index contributed by atoms with van der Waals surface area (Å²) in [7, 11) is 0. The molecule has 116 valence electrons. The standard InChI is InChI=1S/C16H20N4O2/c1-10-7-8-12(11(2)9-10)17-15(21)13-5-3-4-6-14-18-19-16(22)20(13)14/h7-9,13H,3-6H2,1-2H3,(H,17,21)(H,19,22). The predicted molar refractivity (Wildman–Crippen MR) is 84.0 cm³/mol. The Morgan fingerprint density at radius 3 is 2.95 bits per heavy atom. The summed E-state index contributed by atoms with van der Waals surface area (Å²) in [6, 6.07) is 5.39. The van der Waals surface area contributed by atoms with Gasteiger partial charge in [-0.05, 0) is 38.3 Å². The molecule has 3 rings (SSSR count). The van der Waals surface area contributed by atoms with Crippen LogP contribution >= 0.6 is 0 Å². The first-order valence-electron chi connectivity index (χ1n) is 7.60. The van der Waals surface area contributed by atoms with Crippen molar-refractivity contribution < 1.29 is 4.79 Å². The zero-order chi connectivity index (χ0) is 15.7. The molecule has 1 unspecified atom stereocenters. The zero-order valence-electron chi connectivity index (χ0n) is 12.8. The highest BCUT2D eigenvalue weighted by Gasteiger charge is 2.27. The SMILES string of the molecule is Cc1ccc(NC(=O)C2CCCCc3n[nH]c(=O)n32)c(C)c1. The molecule has 1 aromatic heterocycles. The van der Waals surface area contributed by atoms with E-state index in [9.17, 15) is 9.59 Å². The van der Waals surface area contributed by atoms with Crippen LogP contribution in [-0.2, 0) is 11.2 Å². The number of H-pyrrole nitrogens is 1. The molecule has 22 heavy (non-hydrogen) atoms. The molecule has 6 heteroatoms. The van der Waals surface area contributed by atoms with E-state index in [0.717, 1.165) is 36.1 Å². The number of aromatic amines is 1. The zero-order valence-corrected chi connectivity index (χ0v) is 12.8. The molecule has 0 radical (unpaired) electrons. The van der Waals surface area contributed by atoms with Gasteiger partial charge < -0.3 is 5.32 Å². The van der Waals surface area contributed by atoms with Crippen molar-refractivity contribution in [2.24, 2.45) is 0 Å². The number of nitrogens with zero attached hydrogens (tertiary/aromatic N) is 2. The molecule has 2 heterocycles. The third-order valence-electron chi connectivity index (χ3n) is 4.16. The van der Waals surface area contributed by atoms with Crippen molar-refractivity contribution in [2.45, 2.75) is 45.6 Å². The van der Waals surface area contributed by atoms with Crippen LogP contribution in [0.1, 0.15) is 42.3 Å². The lowest BCUT2D eigenvalue weighted by Crippen LogP contribution is -2.32. The van der Waals surface area contributed by atoms with Gasteiger partial charge in [-0.1, -0.05) is 24.1 Å². The smallest absolute Gasteiger partial charge is 0.324 e. The third-order valence-corrected chi connectivity index (χ3v) is 4.16. The van der Waals surface area contributed by atoms with Gasteiger partial charge in [0.2, 0.25) is 5.91 Å². The molecule has 1 aliphatic heterocycles. The Labute approximate surface area is 128 Å². The minimum Gasteiger partial charge on any atom is -0.324 e. The quantitative estimate of drug-likeness (QED) is 0.891. The lowest BCUT2D eigenvalue weighted by atomic mass is 10.1. The van der Waals surface area contributed by atoms with Gasteiger partial charge in [0.05, 0.1) is 0 Å². The molecule has 0 spiro atoms. The van der Waals surface area contributed by atoms with E-state index in [1.807, 2.05) is 32.0 Å². The van der Waals surface area contributed by atoms with Crippen molar-refractivity contribution in [3.05, 3.63) is 45.6 Å². The van der Waals surface area contributed by atoms with Crippen LogP contribution in [0, 0.1) is 13.8 Å². The summed E-state index contributed by atoms with van der Waals surface area (Å²) in [5.74, 6) is 0.516. The Hall–Kier alpha value is -2.37. The maximum atomic E-state index is 12.7. The predicted octanol–water partition coefficient (Wildman–Crippen LogP) is 2.09. The van der Waals surface area contributed by atoms with E-state index in [2.05, 4.69) is 15.5 Å². The fraction of sp³-hybridized carbons (Fsp3) is 0.438. The van der Waals surface area contributed by atoms with Crippen LogP contribution in [0.4, 0.5) is 5.69 Å². The second-order valence-corrected chi connectivity index (χ2v) is 5.88. The van der Waals surface area contributed by atoms with Gasteiger partial charge in [-0.25, -0.2) is 9.89 Å². The molecule has 1 aliphatic rings. The van der Waals surface area contributed by atoms with Gasteiger partial charge in [0.25, 0.3) is 0 Å². The van der Waals surface area contributed by atoms with Gasteiger partial charge in [-0.3, -0.25) is 9.36 Å². The second-order valence-electron chi connectivity index (χ2n) is 5.88. The Morgan fingerprint density at radius 1 is 1.36 bits per heavy atom. The van der Waals surface area contributed by atoms with Crippen molar-refractivity contribution >= 4 is 11.6 Å². The first kappa shape index (κ1) is 14.6. The summed E-state index contributed by atoms with van der Waals surface area (Å²) in [6.07, 6.45) is 3.24. The molecule has 2 N–H and O–H groups in total. The van der Waals surface area contributed by atoms with Crippen molar-refractivity contribution in [3.8, 4) is 0 Å². The first-order chi connectivity index (χ1) is 10.6. The van der Waals surface area contributed by atoms with Crippen LogP contribution in [0.3, 0.4) is 0 Å². The van der Waals surface area contributed by atoms with Crippen LogP contribution in [-0.4, -0.2) is 20.7 Å². The van der Waals surface area contributed by atoms with Crippen molar-refractivity contribution in [1.29, 1.82) is 0 Å². The number of hydrogen-bond donors (Lipinski definition) is 2. The van der Waals surface area contributed by atoms with E-state index in [-0.39, 0.29) is 11.6 Å². The van der Waals surface area contributed by atoms with Crippen LogP contribution in [0.2, 0.25) is 0 Å². The lowest BCUT2D eigenvalue weighted by Gasteiger charge is -2.17. The fourth-order valence-corrected chi connectivity index (χ4v) is 3.00. The van der Waals surface area contributed by atoms with Gasteiger partial charge in [0.15, 0.2) is 0 Å². The van der Waals surface area contributed by atoms with Crippen molar-refractivity contribution in [3.63, 3.8) is 0 Å². The topological polar surface area (TPSA) is 79.8 Å². The summed E-state index contributed by atoms with van der Waals surface area (Å²) in [5.41, 5.74) is 2.65. The Bertz CT molecular complexity index is 760. The third kappa shape index (κ3) is 2.68. The molecule has 2 aromatic rings. The minimum absolute atomic E-state index is 0.154. The number of aryl methyl sites for hydroxylation is 3. The average Bonchev–Trinajstić information content (AvgIpc) is 2.72. The molecule has 0 saturated carbocycles. The summed E-state index contributed by atoms with van der Waals surface area (Å²) in [5, 5.41) is 9.43. The summed E-state index contributed by atoms with van der Waals surface area (Å²) in [6.45, 7) is 3.98. The highest BCUT2D eigenvalue weighted by atomic mass is 16.2. The molecule has 1 aromatic carbocycles. The van der Waals surface area contributed by atoms with E-state index in [1.54, 1.807) is 0 Å². The van der Waals surface area contributed by atoms with E-state index in [0.29, 0.717) is 12.2 Å². The molecule has 0 fully saturated rings. The van der Waals surface area contributed by atoms with Gasteiger partial charge in [-0.2, -0.15) is 5.10 Å². The van der Waals surface area contributed by atoms with Gasteiger partial charge in [0, 0.05) is 12.1 Å². The molecule has 0 saturated heterocycles. The lowest BCUT2D eigenvalue weighted by molar-refractivity contribution is -0.119. The monoisotopic (exact) mass is 300 g/mol. The van der Waals surface area contributed by atoms with Crippen LogP contribution in [0.15, 0.2) is 23.0 Å². The molecule has 1 amide bonds. The van der Waals surface area contributed by atoms with Crippen LogP contribution in [0.5, 0.6) is 0 Å². The molecule has 1 atom stereocenters. The normalized spacial score (nSPS) is 17.6. The number of anilines is 1. The number of nitrogens with one attached hydrogen (secondary N) is 2. The number of carbonyl (C=O) groups is 1. The van der Waals surface area contributed by atoms with Crippen LogP contribution < -0.4 is 11.0 Å². The molecular weight excluding hydrogens is 280 g/mol. The minimum atomic E-state index is -0.496. The number of fused-ring (bicyclic) bond motifs is 1. The van der Waals surface area contributed by atoms with E-state index >= 15 is 0 Å². The number of carbonyl (C=O) groups excluding carboxylic acids is 1. The number of benzene rings is 1. The number of hydrogen-bond acceptors (Lipinski definition) is 3. The molecule has 0 aliphatic carbocycles. The number of aromatic nitrogens is 3. The maximum absolute atomic E-state index is 12.7. The Balaban J connectivity index is 1.88. The summed E-state index contributed by atoms with van der Waals surface area (Å²) < 4.78 is 1.51. The highest BCUT2D eigenvalue weighted by Crippen LogP contribution is 2.24. The number of amides is 1. The molecular formula is C16H20N4O2. The number of rotatable bonds is 2. The van der Waals surface area contributed by atoms with E-state index < -0.39 is 6.04 Å². The fourth-order valence-electron chi connectivity index (χ4n) is 3.00. The highest BCUT2D eigenvalue weighted by molar-refractivity contribution is 5.94. The average molecular weight is 300 g/mol. The summed E-state index contributed by atoms with van der Waals surface area (Å²) in [4.78, 5) is 24.6. The molecule has 0 bridgehead atoms. The van der Waals surface area contributed by atoms with Crippen molar-refractivity contribution in [2.75, 3.05) is 5.32 Å². The Kier molecular flexibility index (Phi) is 3.83. The summed E-state index contributed by atoms with van der Waals surface area (Å²) >= 11 is 0. The van der Waals surface area contributed by atoms with Crippen LogP contribution in [0.25, 0.3) is 0 Å². The maximum Gasteiger partial charge on any atom is 0.344 e. The Morgan fingerprint density at radius 2 is 2.18 bits per heavy atom. The van der Waals surface area contributed by atoms with E-state index in [4.69, 9.17) is 0 Å². The van der Waals surface area contributed by atoms with Crippen molar-refractivity contribution in [1.82, 2.24) is 14.8 Å². The van der Waals surface area contributed by atoms with E-state index in [1.165, 1.54) is 4.57 Å². The largest absolute Gasteiger partial charge is 0.344 e. The van der Waals surface area contributed by atoms with Gasteiger partial charge >= 0.3 is 5.69 Å². The van der Waals surface area contributed by atoms with Gasteiger partial charge in [-0.15, -0.1) is 0 Å². The second kappa shape index (κ2) is 5.79. The van der Waals surface area contributed by atoms with Gasteiger partial charge in [0.1, 0.15) is 11.9 Å².